The number of carbonyl (C=O) groups excluding carboxylic acids is 1. The third kappa shape index (κ3) is 5.61. The molecule has 0 radical (unpaired) electrons. The number of carbonyl (C=O) groups is 1. The van der Waals surface area contributed by atoms with Gasteiger partial charge in [-0.1, -0.05) is 44.2 Å². The maximum absolute atomic E-state index is 12.3. The summed E-state index contributed by atoms with van der Waals surface area (Å²) >= 11 is 0. The Morgan fingerprint density at radius 1 is 1.00 bits per heavy atom. The highest BCUT2D eigenvalue weighted by molar-refractivity contribution is 5.92. The fourth-order valence-electron chi connectivity index (χ4n) is 2.78. The van der Waals surface area contributed by atoms with Gasteiger partial charge < -0.3 is 15.4 Å². The number of para-hydroxylation sites is 1. The highest BCUT2D eigenvalue weighted by atomic mass is 16.5. The Balaban J connectivity index is 1.81. The van der Waals surface area contributed by atoms with Crippen LogP contribution in [-0.2, 0) is 24.2 Å². The number of ether oxygens (including phenoxy) is 1. The van der Waals surface area contributed by atoms with Gasteiger partial charge in [0.2, 0.25) is 5.91 Å². The van der Waals surface area contributed by atoms with Crippen molar-refractivity contribution in [1.29, 1.82) is 0 Å². The van der Waals surface area contributed by atoms with Crippen molar-refractivity contribution >= 4 is 11.6 Å². The van der Waals surface area contributed by atoms with E-state index in [2.05, 4.69) is 42.7 Å². The molecule has 2 aromatic carbocycles. The quantitative estimate of drug-likeness (QED) is 0.680. The van der Waals surface area contributed by atoms with Crippen LogP contribution < -0.4 is 15.4 Å². The number of hydrogen-bond acceptors (Lipinski definition) is 3. The molecule has 134 valence electrons. The maximum atomic E-state index is 12.3. The van der Waals surface area contributed by atoms with E-state index < -0.39 is 0 Å². The molecule has 25 heavy (non-hydrogen) atoms. The van der Waals surface area contributed by atoms with Gasteiger partial charge in [0.05, 0.1) is 7.11 Å². The van der Waals surface area contributed by atoms with Crippen molar-refractivity contribution in [3.05, 3.63) is 59.2 Å². The summed E-state index contributed by atoms with van der Waals surface area (Å²) in [6.07, 6.45) is 2.29. The van der Waals surface area contributed by atoms with Gasteiger partial charge in [0, 0.05) is 25.2 Å². The highest BCUT2D eigenvalue weighted by Crippen LogP contribution is 2.22. The van der Waals surface area contributed by atoms with E-state index in [0.717, 1.165) is 30.8 Å². The largest absolute Gasteiger partial charge is 0.497 e. The number of methoxy groups -OCH3 is 1. The molecule has 2 rings (SSSR count). The summed E-state index contributed by atoms with van der Waals surface area (Å²) in [4.78, 5) is 12.3. The predicted octanol–water partition coefficient (Wildman–Crippen LogP) is 3.94. The van der Waals surface area contributed by atoms with Crippen molar-refractivity contribution in [3.63, 3.8) is 0 Å². The monoisotopic (exact) mass is 340 g/mol. The Hall–Kier alpha value is -2.33. The number of anilines is 1. The van der Waals surface area contributed by atoms with Crippen LogP contribution in [0.25, 0.3) is 0 Å². The Bertz CT molecular complexity index is 659. The molecule has 0 aromatic heterocycles. The molecular weight excluding hydrogens is 312 g/mol. The summed E-state index contributed by atoms with van der Waals surface area (Å²) in [6.45, 7) is 5.61. The first kappa shape index (κ1) is 19.0. The van der Waals surface area contributed by atoms with Crippen molar-refractivity contribution in [2.75, 3.05) is 19.0 Å². The summed E-state index contributed by atoms with van der Waals surface area (Å²) in [5.41, 5.74) is 4.55. The smallest absolute Gasteiger partial charge is 0.225 e. The second kappa shape index (κ2) is 9.84. The van der Waals surface area contributed by atoms with Gasteiger partial charge in [-0.15, -0.1) is 0 Å². The first-order valence-corrected chi connectivity index (χ1v) is 8.92. The molecule has 4 heteroatoms. The van der Waals surface area contributed by atoms with E-state index in [9.17, 15) is 4.79 Å². The standard InChI is InChI=1S/C21H28N2O2/c1-4-17-7-6-8-18(5-2)21(17)23-20(24)13-14-22-15-16-9-11-19(25-3)12-10-16/h6-12,22H,4-5,13-15H2,1-3H3,(H,23,24). The first-order chi connectivity index (χ1) is 12.2. The van der Waals surface area contributed by atoms with Crippen molar-refractivity contribution in [2.45, 2.75) is 39.7 Å². The number of hydrogen-bond donors (Lipinski definition) is 2. The van der Waals surface area contributed by atoms with Gasteiger partial charge in [-0.3, -0.25) is 4.79 Å². The Morgan fingerprint density at radius 3 is 2.20 bits per heavy atom. The number of amides is 1. The second-order valence-electron chi connectivity index (χ2n) is 5.98. The molecule has 0 bridgehead atoms. The maximum Gasteiger partial charge on any atom is 0.225 e. The van der Waals surface area contributed by atoms with Crippen LogP contribution in [0.15, 0.2) is 42.5 Å². The lowest BCUT2D eigenvalue weighted by Crippen LogP contribution is -2.22. The zero-order valence-electron chi connectivity index (χ0n) is 15.4. The lowest BCUT2D eigenvalue weighted by atomic mass is 10.0. The Labute approximate surface area is 150 Å². The fourth-order valence-corrected chi connectivity index (χ4v) is 2.78. The SMILES string of the molecule is CCc1cccc(CC)c1NC(=O)CCNCc1ccc(OC)cc1. The molecule has 0 atom stereocenters. The third-order valence-corrected chi connectivity index (χ3v) is 4.28. The summed E-state index contributed by atoms with van der Waals surface area (Å²) in [5, 5.41) is 6.41. The Kier molecular flexibility index (Phi) is 7.48. The van der Waals surface area contributed by atoms with Gasteiger partial charge >= 0.3 is 0 Å². The molecule has 1 amide bonds. The zero-order valence-corrected chi connectivity index (χ0v) is 15.4. The second-order valence-corrected chi connectivity index (χ2v) is 5.98. The minimum Gasteiger partial charge on any atom is -0.497 e. The molecule has 0 saturated heterocycles. The van der Waals surface area contributed by atoms with Crippen LogP contribution in [0.2, 0.25) is 0 Å². The molecule has 0 spiro atoms. The van der Waals surface area contributed by atoms with E-state index in [-0.39, 0.29) is 5.91 Å². The van der Waals surface area contributed by atoms with E-state index in [1.165, 1.54) is 16.7 Å². The van der Waals surface area contributed by atoms with Crippen molar-refractivity contribution in [2.24, 2.45) is 0 Å². The Morgan fingerprint density at radius 2 is 1.64 bits per heavy atom. The van der Waals surface area contributed by atoms with Crippen LogP contribution in [-0.4, -0.2) is 19.6 Å². The minimum atomic E-state index is 0.0535. The van der Waals surface area contributed by atoms with Crippen LogP contribution in [0, 0.1) is 0 Å². The molecule has 0 saturated carbocycles. The molecule has 2 aromatic rings. The van der Waals surface area contributed by atoms with Gasteiger partial charge in [-0.25, -0.2) is 0 Å². The van der Waals surface area contributed by atoms with Crippen LogP contribution in [0.1, 0.15) is 37.0 Å². The average Bonchev–Trinajstić information content (AvgIpc) is 2.65. The van der Waals surface area contributed by atoms with E-state index in [1.807, 2.05) is 24.3 Å². The van der Waals surface area contributed by atoms with Gasteiger partial charge in [-0.05, 0) is 41.7 Å². The molecule has 0 heterocycles. The van der Waals surface area contributed by atoms with Crippen LogP contribution in [0.5, 0.6) is 5.75 Å². The molecule has 0 fully saturated rings. The normalized spacial score (nSPS) is 10.5. The minimum absolute atomic E-state index is 0.0535. The molecule has 4 nitrogen and oxygen atoms in total. The van der Waals surface area contributed by atoms with E-state index in [0.29, 0.717) is 13.0 Å². The fraction of sp³-hybridized carbons (Fsp3) is 0.381. The summed E-state index contributed by atoms with van der Waals surface area (Å²) in [6, 6.07) is 14.2. The van der Waals surface area contributed by atoms with E-state index >= 15 is 0 Å². The van der Waals surface area contributed by atoms with Crippen LogP contribution in [0.3, 0.4) is 0 Å². The van der Waals surface area contributed by atoms with Gasteiger partial charge in [-0.2, -0.15) is 0 Å². The van der Waals surface area contributed by atoms with Gasteiger partial charge in [0.25, 0.3) is 0 Å². The number of benzene rings is 2. The van der Waals surface area contributed by atoms with Crippen molar-refractivity contribution in [3.8, 4) is 5.75 Å². The van der Waals surface area contributed by atoms with Gasteiger partial charge in [0.15, 0.2) is 0 Å². The van der Waals surface area contributed by atoms with E-state index in [4.69, 9.17) is 4.74 Å². The van der Waals surface area contributed by atoms with Gasteiger partial charge in [0.1, 0.15) is 5.75 Å². The van der Waals surface area contributed by atoms with Crippen molar-refractivity contribution in [1.82, 2.24) is 5.32 Å². The van der Waals surface area contributed by atoms with Crippen molar-refractivity contribution < 1.29 is 9.53 Å². The number of rotatable bonds is 9. The zero-order chi connectivity index (χ0) is 18.1. The molecule has 0 unspecified atom stereocenters. The lowest BCUT2D eigenvalue weighted by Gasteiger charge is -2.14. The first-order valence-electron chi connectivity index (χ1n) is 8.92. The van der Waals surface area contributed by atoms with Crippen LogP contribution >= 0.6 is 0 Å². The average molecular weight is 340 g/mol. The predicted molar refractivity (Wildman–Crippen MR) is 103 cm³/mol. The number of nitrogens with one attached hydrogen (secondary N) is 2. The molecule has 0 aliphatic carbocycles. The molecule has 2 N–H and O–H groups in total. The molecule has 0 aliphatic heterocycles. The topological polar surface area (TPSA) is 50.4 Å². The molecular formula is C21H28N2O2. The highest BCUT2D eigenvalue weighted by Gasteiger charge is 2.09. The summed E-state index contributed by atoms with van der Waals surface area (Å²) in [7, 11) is 1.66. The van der Waals surface area contributed by atoms with Crippen LogP contribution in [0.4, 0.5) is 5.69 Å². The lowest BCUT2D eigenvalue weighted by molar-refractivity contribution is -0.116. The summed E-state index contributed by atoms with van der Waals surface area (Å²) in [5.74, 6) is 0.905. The summed E-state index contributed by atoms with van der Waals surface area (Å²) < 4.78 is 5.15. The molecule has 0 aliphatic rings. The van der Waals surface area contributed by atoms with E-state index in [1.54, 1.807) is 7.11 Å². The number of aryl methyl sites for hydroxylation is 2. The third-order valence-electron chi connectivity index (χ3n) is 4.28.